The van der Waals surface area contributed by atoms with E-state index in [2.05, 4.69) is 5.32 Å². The summed E-state index contributed by atoms with van der Waals surface area (Å²) in [6.45, 7) is 5.05. The molecule has 148 valence electrons. The zero-order valence-corrected chi connectivity index (χ0v) is 15.9. The largest absolute Gasteiger partial charge is 0.466 e. The van der Waals surface area contributed by atoms with Crippen LogP contribution in [0.5, 0.6) is 11.5 Å². The first kappa shape index (κ1) is 18.6. The van der Waals surface area contributed by atoms with Crippen molar-refractivity contribution in [1.29, 1.82) is 0 Å². The number of rotatable bonds is 6. The monoisotopic (exact) mass is 375 g/mol. The highest BCUT2D eigenvalue weighted by molar-refractivity contribution is 5.75. The van der Waals surface area contributed by atoms with Gasteiger partial charge in [0.2, 0.25) is 6.79 Å². The fourth-order valence-corrected chi connectivity index (χ4v) is 4.58. The molecule has 1 aromatic rings. The van der Waals surface area contributed by atoms with Gasteiger partial charge < -0.3 is 24.3 Å². The molecule has 0 aliphatic carbocycles. The predicted molar refractivity (Wildman–Crippen MR) is 100.0 cm³/mol. The van der Waals surface area contributed by atoms with E-state index in [1.807, 2.05) is 25.1 Å². The Labute approximate surface area is 160 Å². The van der Waals surface area contributed by atoms with Crippen LogP contribution in [0.4, 0.5) is 0 Å². The lowest BCUT2D eigenvalue weighted by Gasteiger charge is -2.26. The zero-order chi connectivity index (χ0) is 18.6. The summed E-state index contributed by atoms with van der Waals surface area (Å²) >= 11 is 0. The maximum atomic E-state index is 12.8. The Hall–Kier alpha value is -1.79. The van der Waals surface area contributed by atoms with Crippen molar-refractivity contribution in [2.75, 3.05) is 33.2 Å². The topological polar surface area (TPSA) is 66.0 Å². The number of carbonyl (C=O) groups excluding carboxylic acids is 1. The predicted octanol–water partition coefficient (Wildman–Crippen LogP) is 2.86. The first-order valence-electron chi connectivity index (χ1n) is 10.1. The van der Waals surface area contributed by atoms with Crippen LogP contribution in [0.3, 0.4) is 0 Å². The lowest BCUT2D eigenvalue weighted by atomic mass is 9.82. The molecular formula is C21H29NO5. The van der Waals surface area contributed by atoms with Crippen LogP contribution in [-0.4, -0.2) is 45.2 Å². The summed E-state index contributed by atoms with van der Waals surface area (Å²) in [5.74, 6) is 2.08. The van der Waals surface area contributed by atoms with Gasteiger partial charge in [0, 0.05) is 31.7 Å². The van der Waals surface area contributed by atoms with E-state index in [-0.39, 0.29) is 30.6 Å². The van der Waals surface area contributed by atoms with Gasteiger partial charge in [-0.25, -0.2) is 0 Å². The molecule has 6 nitrogen and oxygen atoms in total. The molecule has 0 aromatic heterocycles. The highest BCUT2D eigenvalue weighted by Crippen LogP contribution is 2.40. The molecule has 0 radical (unpaired) electrons. The molecule has 3 aliphatic heterocycles. The second kappa shape index (κ2) is 8.48. The van der Waals surface area contributed by atoms with Gasteiger partial charge in [-0.15, -0.1) is 0 Å². The third kappa shape index (κ3) is 4.06. The quantitative estimate of drug-likeness (QED) is 0.772. The smallest absolute Gasteiger partial charge is 0.311 e. The Kier molecular flexibility index (Phi) is 5.83. The number of esters is 1. The molecular weight excluding hydrogens is 346 g/mol. The standard InChI is InChI=1S/C21H29NO5/c1-2-25-21(23)20-16(15-4-6-18-19(11-15)27-13-26-18)12-22-17(20)5-3-14-7-9-24-10-8-14/h4,6,11,14,16-17,20,22H,2-3,5,7-10,12-13H2,1H3/t16-,17+,20-/m1/s1. The van der Waals surface area contributed by atoms with Gasteiger partial charge >= 0.3 is 5.97 Å². The molecule has 0 saturated carbocycles. The molecule has 4 rings (SSSR count). The van der Waals surface area contributed by atoms with Crippen molar-refractivity contribution >= 4 is 5.97 Å². The van der Waals surface area contributed by atoms with Gasteiger partial charge in [-0.1, -0.05) is 6.07 Å². The SMILES string of the molecule is CCOC(=O)[C@H]1[C@H](CCC2CCOCC2)NC[C@@H]1c1ccc2c(c1)OCO2. The molecule has 6 heteroatoms. The molecule has 2 saturated heterocycles. The molecule has 3 heterocycles. The molecule has 27 heavy (non-hydrogen) atoms. The number of hydrogen-bond donors (Lipinski definition) is 1. The van der Waals surface area contributed by atoms with E-state index in [4.69, 9.17) is 18.9 Å². The van der Waals surface area contributed by atoms with E-state index in [0.29, 0.717) is 12.5 Å². The molecule has 0 bridgehead atoms. The summed E-state index contributed by atoms with van der Waals surface area (Å²) in [5, 5.41) is 3.60. The van der Waals surface area contributed by atoms with Gasteiger partial charge in [0.15, 0.2) is 11.5 Å². The number of ether oxygens (including phenoxy) is 4. The Bertz CT molecular complexity index is 658. The molecule has 3 aliphatic rings. The highest BCUT2D eigenvalue weighted by atomic mass is 16.7. The first-order valence-corrected chi connectivity index (χ1v) is 10.1. The first-order chi connectivity index (χ1) is 13.3. The molecule has 0 unspecified atom stereocenters. The van der Waals surface area contributed by atoms with Gasteiger partial charge in [-0.3, -0.25) is 4.79 Å². The van der Waals surface area contributed by atoms with Crippen molar-refractivity contribution in [3.63, 3.8) is 0 Å². The minimum atomic E-state index is -0.162. The molecule has 2 fully saturated rings. The third-order valence-corrected chi connectivity index (χ3v) is 6.08. The van der Waals surface area contributed by atoms with Crippen LogP contribution in [0, 0.1) is 11.8 Å². The fourth-order valence-electron chi connectivity index (χ4n) is 4.58. The van der Waals surface area contributed by atoms with Crippen molar-refractivity contribution < 1.29 is 23.7 Å². The average Bonchev–Trinajstić information content (AvgIpc) is 3.33. The minimum absolute atomic E-state index is 0.0952. The van der Waals surface area contributed by atoms with E-state index >= 15 is 0 Å². The van der Waals surface area contributed by atoms with E-state index in [1.165, 1.54) is 0 Å². The van der Waals surface area contributed by atoms with Crippen LogP contribution in [-0.2, 0) is 14.3 Å². The Morgan fingerprint density at radius 3 is 2.81 bits per heavy atom. The van der Waals surface area contributed by atoms with E-state index < -0.39 is 0 Å². The number of fused-ring (bicyclic) bond motifs is 1. The van der Waals surface area contributed by atoms with Crippen LogP contribution in [0.25, 0.3) is 0 Å². The lowest BCUT2D eigenvalue weighted by molar-refractivity contribution is -0.148. The second-order valence-electron chi connectivity index (χ2n) is 7.64. The normalized spacial score (nSPS) is 27.7. The summed E-state index contributed by atoms with van der Waals surface area (Å²) in [6, 6.07) is 6.16. The fraction of sp³-hybridized carbons (Fsp3) is 0.667. The Morgan fingerprint density at radius 1 is 1.19 bits per heavy atom. The summed E-state index contributed by atoms with van der Waals surface area (Å²) in [4.78, 5) is 12.8. The van der Waals surface area contributed by atoms with Crippen molar-refractivity contribution in [1.82, 2.24) is 5.32 Å². The van der Waals surface area contributed by atoms with E-state index in [9.17, 15) is 4.79 Å². The van der Waals surface area contributed by atoms with E-state index in [1.54, 1.807) is 0 Å². The van der Waals surface area contributed by atoms with Crippen LogP contribution in [0.1, 0.15) is 44.1 Å². The molecule has 1 aromatic carbocycles. The minimum Gasteiger partial charge on any atom is -0.466 e. The van der Waals surface area contributed by atoms with Crippen LogP contribution in [0.2, 0.25) is 0 Å². The van der Waals surface area contributed by atoms with Gasteiger partial charge in [0.1, 0.15) is 0 Å². The van der Waals surface area contributed by atoms with Gasteiger partial charge in [-0.2, -0.15) is 0 Å². The van der Waals surface area contributed by atoms with Crippen molar-refractivity contribution in [3.05, 3.63) is 23.8 Å². The molecule has 3 atom stereocenters. The van der Waals surface area contributed by atoms with Crippen molar-refractivity contribution in [3.8, 4) is 11.5 Å². The van der Waals surface area contributed by atoms with Gasteiger partial charge in [0.25, 0.3) is 0 Å². The summed E-state index contributed by atoms with van der Waals surface area (Å²) in [5.41, 5.74) is 1.11. The molecule has 1 N–H and O–H groups in total. The maximum Gasteiger partial charge on any atom is 0.311 e. The maximum absolute atomic E-state index is 12.8. The summed E-state index contributed by atoms with van der Waals surface area (Å²) in [6.07, 6.45) is 4.38. The van der Waals surface area contributed by atoms with Crippen LogP contribution in [0.15, 0.2) is 18.2 Å². The van der Waals surface area contributed by atoms with Gasteiger partial charge in [0.05, 0.1) is 12.5 Å². The van der Waals surface area contributed by atoms with Gasteiger partial charge in [-0.05, 0) is 56.2 Å². The Morgan fingerprint density at radius 2 is 2.00 bits per heavy atom. The van der Waals surface area contributed by atoms with Crippen LogP contribution < -0.4 is 14.8 Å². The molecule has 0 spiro atoms. The number of nitrogens with one attached hydrogen (secondary N) is 1. The van der Waals surface area contributed by atoms with Crippen molar-refractivity contribution in [2.24, 2.45) is 11.8 Å². The number of benzene rings is 1. The zero-order valence-electron chi connectivity index (χ0n) is 15.9. The summed E-state index contributed by atoms with van der Waals surface area (Å²) in [7, 11) is 0. The summed E-state index contributed by atoms with van der Waals surface area (Å²) < 4.78 is 21.8. The highest BCUT2D eigenvalue weighted by Gasteiger charge is 2.42. The Balaban J connectivity index is 1.48. The molecule has 0 amide bonds. The number of carbonyl (C=O) groups is 1. The number of hydrogen-bond acceptors (Lipinski definition) is 6. The lowest BCUT2D eigenvalue weighted by Crippen LogP contribution is -2.34. The van der Waals surface area contributed by atoms with Crippen molar-refractivity contribution in [2.45, 2.75) is 44.6 Å². The third-order valence-electron chi connectivity index (χ3n) is 6.08. The van der Waals surface area contributed by atoms with E-state index in [0.717, 1.165) is 62.5 Å². The second-order valence-corrected chi connectivity index (χ2v) is 7.64. The van der Waals surface area contributed by atoms with Crippen LogP contribution >= 0.6 is 0 Å². The average molecular weight is 375 g/mol.